The summed E-state index contributed by atoms with van der Waals surface area (Å²) in [5.41, 5.74) is 0. The van der Waals surface area contributed by atoms with Gasteiger partial charge in [0.2, 0.25) is 5.91 Å². The first kappa shape index (κ1) is 8.93. The predicted octanol–water partition coefficient (Wildman–Crippen LogP) is 1.00. The Bertz CT molecular complexity index is 167. The van der Waals surface area contributed by atoms with E-state index in [0.29, 0.717) is 24.5 Å². The van der Waals surface area contributed by atoms with Crippen LogP contribution in [0.25, 0.3) is 0 Å². The van der Waals surface area contributed by atoms with Crippen molar-refractivity contribution in [3.8, 4) is 0 Å². The maximum absolute atomic E-state index is 11.1. The Morgan fingerprint density at radius 2 is 2.27 bits per heavy atom. The Balaban J connectivity index is 2.55. The van der Waals surface area contributed by atoms with E-state index < -0.39 is 0 Å². The van der Waals surface area contributed by atoms with Crippen molar-refractivity contribution in [1.82, 2.24) is 4.90 Å². The summed E-state index contributed by atoms with van der Waals surface area (Å²) in [6, 6.07) is 0. The van der Waals surface area contributed by atoms with Crippen molar-refractivity contribution < 1.29 is 9.59 Å². The van der Waals surface area contributed by atoms with E-state index in [1.165, 1.54) is 16.7 Å². The maximum Gasteiger partial charge on any atom is 0.288 e. The van der Waals surface area contributed by atoms with Crippen LogP contribution in [0.3, 0.4) is 0 Å². The van der Waals surface area contributed by atoms with Gasteiger partial charge in [0.05, 0.1) is 0 Å². The smallest absolute Gasteiger partial charge is 0.274 e. The molecule has 3 nitrogen and oxygen atoms in total. The lowest BCUT2D eigenvalue weighted by atomic mass is 10.4. The zero-order chi connectivity index (χ0) is 8.27. The molecule has 0 radical (unpaired) electrons. The van der Waals surface area contributed by atoms with Crippen molar-refractivity contribution in [3.63, 3.8) is 0 Å². The Morgan fingerprint density at radius 3 is 2.82 bits per heavy atom. The minimum atomic E-state index is -0.129. The zero-order valence-electron chi connectivity index (χ0n) is 5.95. The molecule has 0 unspecified atom stereocenters. The third kappa shape index (κ3) is 2.13. The van der Waals surface area contributed by atoms with Gasteiger partial charge in [-0.25, -0.2) is 0 Å². The molecule has 1 saturated heterocycles. The number of hydrogen-bond acceptors (Lipinski definition) is 4. The molecule has 0 atom stereocenters. The molecule has 0 aromatic carbocycles. The molecular formula is C6H9NO2S2. The number of amides is 2. The average Bonchev–Trinajstić information content (AvgIpc) is 1.97. The molecule has 62 valence electrons. The fourth-order valence-electron chi connectivity index (χ4n) is 0.856. The molecule has 1 heterocycles. The third-order valence-corrected chi connectivity index (χ3v) is 2.46. The molecule has 0 aliphatic carbocycles. The van der Waals surface area contributed by atoms with E-state index in [1.807, 2.05) is 0 Å². The fraction of sp³-hybridized carbons (Fsp3) is 0.667. The molecule has 1 fully saturated rings. The summed E-state index contributed by atoms with van der Waals surface area (Å²) in [6.45, 7) is 0.438. The minimum Gasteiger partial charge on any atom is -0.274 e. The summed E-state index contributed by atoms with van der Waals surface area (Å²) in [7, 11) is 0. The van der Waals surface area contributed by atoms with Gasteiger partial charge < -0.3 is 0 Å². The summed E-state index contributed by atoms with van der Waals surface area (Å²) in [4.78, 5) is 23.3. The summed E-state index contributed by atoms with van der Waals surface area (Å²) in [5.74, 6) is 1.10. The number of thiol groups is 1. The van der Waals surface area contributed by atoms with E-state index in [0.717, 1.165) is 0 Å². The van der Waals surface area contributed by atoms with E-state index in [2.05, 4.69) is 12.6 Å². The summed E-state index contributed by atoms with van der Waals surface area (Å²) in [6.07, 6.45) is 0.476. The van der Waals surface area contributed by atoms with Crippen molar-refractivity contribution in [2.45, 2.75) is 6.42 Å². The van der Waals surface area contributed by atoms with Crippen LogP contribution in [0.5, 0.6) is 0 Å². The molecule has 1 aliphatic heterocycles. The van der Waals surface area contributed by atoms with Crippen molar-refractivity contribution in [3.05, 3.63) is 0 Å². The Kier molecular flexibility index (Phi) is 3.26. The van der Waals surface area contributed by atoms with Crippen molar-refractivity contribution in [1.29, 1.82) is 0 Å². The van der Waals surface area contributed by atoms with Crippen LogP contribution in [0.1, 0.15) is 6.42 Å². The van der Waals surface area contributed by atoms with Crippen LogP contribution in [-0.2, 0) is 4.79 Å². The summed E-state index contributed by atoms with van der Waals surface area (Å²) < 4.78 is 0. The number of carbonyl (C=O) groups excluding carboxylic acids is 2. The van der Waals surface area contributed by atoms with Gasteiger partial charge in [-0.1, -0.05) is 11.8 Å². The maximum atomic E-state index is 11.1. The molecule has 0 saturated carbocycles. The molecular weight excluding hydrogens is 182 g/mol. The first-order valence-corrected chi connectivity index (χ1v) is 4.95. The first-order chi connectivity index (χ1) is 5.25. The van der Waals surface area contributed by atoms with Gasteiger partial charge in [-0.05, 0) is 0 Å². The standard InChI is InChI=1S/C6H9NO2S2/c8-5-1-4-11-6(9)7(5)2-3-10/h10H,1-4H2. The number of imide groups is 1. The Morgan fingerprint density at radius 1 is 1.55 bits per heavy atom. The second-order valence-corrected chi connectivity index (χ2v) is 3.63. The van der Waals surface area contributed by atoms with Crippen LogP contribution >= 0.6 is 24.4 Å². The van der Waals surface area contributed by atoms with Crippen LogP contribution in [0.2, 0.25) is 0 Å². The van der Waals surface area contributed by atoms with E-state index in [9.17, 15) is 9.59 Å². The monoisotopic (exact) mass is 191 g/mol. The summed E-state index contributed by atoms with van der Waals surface area (Å²) in [5, 5.41) is -0.129. The number of carbonyl (C=O) groups is 2. The zero-order valence-corrected chi connectivity index (χ0v) is 7.66. The van der Waals surface area contributed by atoms with Crippen LogP contribution in [0.4, 0.5) is 4.79 Å². The highest BCUT2D eigenvalue weighted by Crippen LogP contribution is 2.17. The van der Waals surface area contributed by atoms with Gasteiger partial charge in [0.25, 0.3) is 5.24 Å². The Hall–Kier alpha value is -0.160. The largest absolute Gasteiger partial charge is 0.288 e. The SMILES string of the molecule is O=C1CCSC(=O)N1CCS. The Labute approximate surface area is 74.9 Å². The van der Waals surface area contributed by atoms with Gasteiger partial charge in [-0.3, -0.25) is 14.5 Å². The molecule has 5 heteroatoms. The molecule has 11 heavy (non-hydrogen) atoms. The fourth-order valence-corrected chi connectivity index (χ4v) is 1.86. The van der Waals surface area contributed by atoms with E-state index >= 15 is 0 Å². The molecule has 2 amide bonds. The molecule has 0 aromatic heterocycles. The highest BCUT2D eigenvalue weighted by Gasteiger charge is 2.25. The molecule has 1 aliphatic rings. The van der Waals surface area contributed by atoms with Crippen LogP contribution in [0, 0.1) is 0 Å². The quantitative estimate of drug-likeness (QED) is 0.662. The molecule has 0 aromatic rings. The van der Waals surface area contributed by atoms with Crippen LogP contribution in [0.15, 0.2) is 0 Å². The third-order valence-electron chi connectivity index (χ3n) is 1.39. The lowest BCUT2D eigenvalue weighted by molar-refractivity contribution is -0.127. The van der Waals surface area contributed by atoms with Crippen LogP contribution < -0.4 is 0 Å². The van der Waals surface area contributed by atoms with Gasteiger partial charge >= 0.3 is 0 Å². The second-order valence-electron chi connectivity index (χ2n) is 2.13. The lowest BCUT2D eigenvalue weighted by Gasteiger charge is -2.22. The minimum absolute atomic E-state index is 0.0669. The second kappa shape index (κ2) is 4.01. The molecule has 1 rings (SSSR count). The van der Waals surface area contributed by atoms with E-state index in [4.69, 9.17) is 0 Å². The first-order valence-electron chi connectivity index (χ1n) is 3.33. The van der Waals surface area contributed by atoms with Gasteiger partial charge in [0.1, 0.15) is 0 Å². The topological polar surface area (TPSA) is 37.4 Å². The predicted molar refractivity (Wildman–Crippen MR) is 48.0 cm³/mol. The van der Waals surface area contributed by atoms with Gasteiger partial charge in [-0.2, -0.15) is 12.6 Å². The number of rotatable bonds is 2. The summed E-state index contributed by atoms with van der Waals surface area (Å²) >= 11 is 5.16. The van der Waals surface area contributed by atoms with Gasteiger partial charge in [0.15, 0.2) is 0 Å². The lowest BCUT2D eigenvalue weighted by Crippen LogP contribution is -2.39. The molecule has 0 N–H and O–H groups in total. The van der Waals surface area contributed by atoms with Crippen LogP contribution in [-0.4, -0.2) is 34.1 Å². The van der Waals surface area contributed by atoms with Crippen molar-refractivity contribution in [2.24, 2.45) is 0 Å². The number of nitrogens with zero attached hydrogens (tertiary/aromatic N) is 1. The normalized spacial score (nSPS) is 19.2. The molecule has 0 spiro atoms. The van der Waals surface area contributed by atoms with Gasteiger partial charge in [0, 0.05) is 24.5 Å². The highest BCUT2D eigenvalue weighted by molar-refractivity contribution is 8.13. The highest BCUT2D eigenvalue weighted by atomic mass is 32.2. The number of thioether (sulfide) groups is 1. The molecule has 0 bridgehead atoms. The van der Waals surface area contributed by atoms with Crippen molar-refractivity contribution in [2.75, 3.05) is 18.1 Å². The van der Waals surface area contributed by atoms with Gasteiger partial charge in [-0.15, -0.1) is 0 Å². The van der Waals surface area contributed by atoms with Crippen molar-refractivity contribution >= 4 is 35.5 Å². The number of hydrogen-bond donors (Lipinski definition) is 1. The van der Waals surface area contributed by atoms with E-state index in [1.54, 1.807) is 0 Å². The van der Waals surface area contributed by atoms with E-state index in [-0.39, 0.29) is 11.1 Å². The average molecular weight is 191 g/mol.